The van der Waals surface area contributed by atoms with Crippen molar-refractivity contribution in [2.24, 2.45) is 11.8 Å². The van der Waals surface area contributed by atoms with Gasteiger partial charge in [0.05, 0.1) is 5.92 Å². The van der Waals surface area contributed by atoms with Gasteiger partial charge in [-0.3, -0.25) is 13.8 Å². The van der Waals surface area contributed by atoms with Gasteiger partial charge in [-0.1, -0.05) is 6.42 Å². The zero-order chi connectivity index (χ0) is 13.1. The van der Waals surface area contributed by atoms with Crippen LogP contribution in [-0.4, -0.2) is 50.7 Å². The number of carbonyl (C=O) groups excluding carboxylic acids is 1. The number of hydrogen-bond donors (Lipinski definition) is 1. The number of nitrogens with zero attached hydrogens (tertiary/aromatic N) is 1. The highest BCUT2D eigenvalue weighted by atomic mass is 32.2. The molecule has 5 nitrogen and oxygen atoms in total. The van der Waals surface area contributed by atoms with Crippen LogP contribution in [0.3, 0.4) is 0 Å². The molecule has 102 valence electrons. The third-order valence-electron chi connectivity index (χ3n) is 3.86. The van der Waals surface area contributed by atoms with Crippen LogP contribution in [0.25, 0.3) is 0 Å². The highest BCUT2D eigenvalue weighted by Crippen LogP contribution is 2.30. The van der Waals surface area contributed by atoms with Crippen LogP contribution in [0.1, 0.15) is 25.7 Å². The molecule has 1 amide bonds. The predicted molar refractivity (Wildman–Crippen MR) is 67.5 cm³/mol. The molecule has 2 rings (SSSR count). The van der Waals surface area contributed by atoms with Crippen LogP contribution >= 0.6 is 0 Å². The minimum Gasteiger partial charge on any atom is -0.481 e. The molecule has 2 atom stereocenters. The molecule has 1 saturated heterocycles. The van der Waals surface area contributed by atoms with Crippen molar-refractivity contribution in [2.45, 2.75) is 25.7 Å². The second kappa shape index (κ2) is 5.82. The second-order valence-electron chi connectivity index (χ2n) is 5.07. The topological polar surface area (TPSA) is 74.7 Å². The molecule has 0 radical (unpaired) electrons. The van der Waals surface area contributed by atoms with E-state index in [0.29, 0.717) is 37.4 Å². The summed E-state index contributed by atoms with van der Waals surface area (Å²) < 4.78 is 11.2. The van der Waals surface area contributed by atoms with Crippen molar-refractivity contribution in [1.29, 1.82) is 0 Å². The van der Waals surface area contributed by atoms with Crippen LogP contribution in [-0.2, 0) is 20.4 Å². The zero-order valence-electron chi connectivity index (χ0n) is 10.3. The van der Waals surface area contributed by atoms with Gasteiger partial charge in [-0.2, -0.15) is 0 Å². The lowest BCUT2D eigenvalue weighted by atomic mass is 9.80. The van der Waals surface area contributed by atoms with Crippen molar-refractivity contribution in [1.82, 2.24) is 4.90 Å². The Hall–Kier alpha value is -0.910. The number of carboxylic acid groups (broad SMARTS) is 1. The Bertz CT molecular complexity index is 361. The molecular weight excluding hydrogens is 254 g/mol. The first-order chi connectivity index (χ1) is 8.58. The van der Waals surface area contributed by atoms with Crippen LogP contribution in [0.15, 0.2) is 0 Å². The number of amides is 1. The Morgan fingerprint density at radius 1 is 1.11 bits per heavy atom. The summed E-state index contributed by atoms with van der Waals surface area (Å²) in [4.78, 5) is 25.0. The van der Waals surface area contributed by atoms with Gasteiger partial charge >= 0.3 is 5.97 Å². The summed E-state index contributed by atoms with van der Waals surface area (Å²) in [5, 5.41) is 9.02. The summed E-state index contributed by atoms with van der Waals surface area (Å²) in [6.45, 7) is 1.11. The molecule has 0 aromatic heterocycles. The van der Waals surface area contributed by atoms with Crippen LogP contribution in [0, 0.1) is 11.8 Å². The van der Waals surface area contributed by atoms with E-state index in [0.717, 1.165) is 12.8 Å². The third kappa shape index (κ3) is 3.10. The van der Waals surface area contributed by atoms with Crippen LogP contribution in [0.2, 0.25) is 0 Å². The number of hydrogen-bond acceptors (Lipinski definition) is 3. The monoisotopic (exact) mass is 273 g/mol. The molecule has 1 aliphatic carbocycles. The lowest BCUT2D eigenvalue weighted by Gasteiger charge is -2.33. The standard InChI is InChI=1S/C12H19NO4S/c14-11(13-4-6-18(17)7-5-13)9-2-1-3-10(8-9)12(15)16/h9-10H,1-8H2,(H,15,16). The summed E-state index contributed by atoms with van der Waals surface area (Å²) in [6, 6.07) is 0. The van der Waals surface area contributed by atoms with E-state index in [1.807, 2.05) is 0 Å². The SMILES string of the molecule is O=C(O)C1CCCC(C(=O)N2CCS(=O)CC2)C1. The maximum Gasteiger partial charge on any atom is 0.306 e. The van der Waals surface area contributed by atoms with Crippen molar-refractivity contribution in [3.63, 3.8) is 0 Å². The number of carboxylic acids is 1. The largest absolute Gasteiger partial charge is 0.481 e. The van der Waals surface area contributed by atoms with E-state index in [1.54, 1.807) is 4.90 Å². The third-order valence-corrected chi connectivity index (χ3v) is 5.14. The highest BCUT2D eigenvalue weighted by Gasteiger charge is 2.34. The van der Waals surface area contributed by atoms with Gasteiger partial charge in [0.25, 0.3) is 0 Å². The molecule has 6 heteroatoms. The Kier molecular flexibility index (Phi) is 4.37. The molecule has 2 fully saturated rings. The lowest BCUT2D eigenvalue weighted by Crippen LogP contribution is -2.45. The first-order valence-electron chi connectivity index (χ1n) is 6.44. The Labute approximate surface area is 109 Å². The lowest BCUT2D eigenvalue weighted by molar-refractivity contribution is -0.145. The van der Waals surface area contributed by atoms with Gasteiger partial charge in [0, 0.05) is 41.3 Å². The molecule has 1 N–H and O–H groups in total. The minimum absolute atomic E-state index is 0.0673. The van der Waals surface area contributed by atoms with Gasteiger partial charge in [0.2, 0.25) is 5.91 Å². The maximum atomic E-state index is 12.3. The molecule has 1 aliphatic heterocycles. The first kappa shape index (κ1) is 13.5. The van der Waals surface area contributed by atoms with Gasteiger partial charge < -0.3 is 10.0 Å². The minimum atomic E-state index is -0.785. The van der Waals surface area contributed by atoms with Gasteiger partial charge in [-0.05, 0) is 19.3 Å². The number of aliphatic carboxylic acids is 1. The average molecular weight is 273 g/mol. The summed E-state index contributed by atoms with van der Waals surface area (Å²) in [6.07, 6.45) is 2.76. The van der Waals surface area contributed by atoms with E-state index in [2.05, 4.69) is 0 Å². The summed E-state index contributed by atoms with van der Waals surface area (Å²) in [5.74, 6) is -0.121. The fourth-order valence-corrected chi connectivity index (χ4v) is 3.81. The first-order valence-corrected chi connectivity index (χ1v) is 7.93. The van der Waals surface area contributed by atoms with Crippen LogP contribution in [0.5, 0.6) is 0 Å². The van der Waals surface area contributed by atoms with E-state index in [1.165, 1.54) is 0 Å². The molecule has 0 bridgehead atoms. The highest BCUT2D eigenvalue weighted by molar-refractivity contribution is 7.85. The maximum absolute atomic E-state index is 12.3. The van der Waals surface area contributed by atoms with Crippen LogP contribution in [0.4, 0.5) is 0 Å². The number of carbonyl (C=O) groups is 2. The van der Waals surface area contributed by atoms with Crippen molar-refractivity contribution in [3.8, 4) is 0 Å². The second-order valence-corrected chi connectivity index (χ2v) is 6.77. The quantitative estimate of drug-likeness (QED) is 0.793. The fraction of sp³-hybridized carbons (Fsp3) is 0.833. The normalized spacial score (nSPS) is 30.1. The molecular formula is C12H19NO4S. The molecule has 1 saturated carbocycles. The van der Waals surface area contributed by atoms with Crippen molar-refractivity contribution < 1.29 is 18.9 Å². The van der Waals surface area contributed by atoms with Crippen molar-refractivity contribution in [2.75, 3.05) is 24.6 Å². The van der Waals surface area contributed by atoms with E-state index >= 15 is 0 Å². The molecule has 18 heavy (non-hydrogen) atoms. The van der Waals surface area contributed by atoms with E-state index < -0.39 is 16.8 Å². The summed E-state index contributed by atoms with van der Waals surface area (Å²) >= 11 is 0. The number of rotatable bonds is 2. The van der Waals surface area contributed by atoms with Gasteiger partial charge in [-0.25, -0.2) is 0 Å². The Morgan fingerprint density at radius 2 is 1.72 bits per heavy atom. The molecule has 0 aromatic rings. The van der Waals surface area contributed by atoms with Gasteiger partial charge in [0.15, 0.2) is 0 Å². The van der Waals surface area contributed by atoms with E-state index in [4.69, 9.17) is 5.11 Å². The van der Waals surface area contributed by atoms with E-state index in [-0.39, 0.29) is 17.7 Å². The predicted octanol–water partition coefficient (Wildman–Crippen LogP) is 0.468. The molecule has 2 unspecified atom stereocenters. The molecule has 0 spiro atoms. The van der Waals surface area contributed by atoms with E-state index in [9.17, 15) is 13.8 Å². The summed E-state index contributed by atoms with van der Waals surface area (Å²) in [5.41, 5.74) is 0. The summed E-state index contributed by atoms with van der Waals surface area (Å²) in [7, 11) is -0.785. The molecule has 2 aliphatic rings. The zero-order valence-corrected chi connectivity index (χ0v) is 11.2. The molecule has 0 aromatic carbocycles. The fourth-order valence-electron chi connectivity index (χ4n) is 2.75. The van der Waals surface area contributed by atoms with Crippen molar-refractivity contribution >= 4 is 22.7 Å². The van der Waals surface area contributed by atoms with Crippen LogP contribution < -0.4 is 0 Å². The van der Waals surface area contributed by atoms with Gasteiger partial charge in [-0.15, -0.1) is 0 Å². The smallest absolute Gasteiger partial charge is 0.306 e. The van der Waals surface area contributed by atoms with Gasteiger partial charge in [0.1, 0.15) is 0 Å². The van der Waals surface area contributed by atoms with Crippen molar-refractivity contribution in [3.05, 3.63) is 0 Å². The Morgan fingerprint density at radius 3 is 2.33 bits per heavy atom. The average Bonchev–Trinajstić information content (AvgIpc) is 2.39. The molecule has 1 heterocycles. The Balaban J connectivity index is 1.92.